The fourth-order valence-corrected chi connectivity index (χ4v) is 1.45. The van der Waals surface area contributed by atoms with E-state index in [0.717, 1.165) is 6.20 Å². The summed E-state index contributed by atoms with van der Waals surface area (Å²) in [5.41, 5.74) is -0.892. The molecule has 0 radical (unpaired) electrons. The minimum absolute atomic E-state index is 0.0511. The minimum Gasteiger partial charge on any atom is -0.462 e. The molecule has 1 unspecified atom stereocenters. The molecular weight excluding hydrogens is 203 g/mol. The van der Waals surface area contributed by atoms with Crippen LogP contribution in [0.4, 0.5) is 4.39 Å². The first kappa shape index (κ1) is 10.1. The topological polar surface area (TPSA) is 53.4 Å². The minimum atomic E-state index is -0.892. The van der Waals surface area contributed by atoms with Gasteiger partial charge in [-0.05, 0) is 6.42 Å². The third kappa shape index (κ3) is 1.99. The number of rotatable bonds is 1. The van der Waals surface area contributed by atoms with E-state index in [-0.39, 0.29) is 12.1 Å². The summed E-state index contributed by atoms with van der Waals surface area (Å²) in [5, 5.41) is 0. The van der Waals surface area contributed by atoms with Crippen LogP contribution in [0.25, 0.3) is 0 Å². The predicted octanol–water partition coefficient (Wildman–Crippen LogP) is 0.180. The first-order chi connectivity index (χ1) is 7.20. The van der Waals surface area contributed by atoms with E-state index in [0.29, 0.717) is 19.6 Å². The van der Waals surface area contributed by atoms with Crippen molar-refractivity contribution in [3.63, 3.8) is 0 Å². The molecule has 1 atom stereocenters. The fraction of sp³-hybridized carbons (Fsp3) is 0.556. The molecule has 2 rings (SSSR count). The highest BCUT2D eigenvalue weighted by molar-refractivity contribution is 5.02. The highest BCUT2D eigenvalue weighted by atomic mass is 19.1. The van der Waals surface area contributed by atoms with E-state index in [1.165, 1.54) is 4.57 Å². The highest BCUT2D eigenvalue weighted by Crippen LogP contribution is 2.14. The summed E-state index contributed by atoms with van der Waals surface area (Å²) in [7, 11) is 1.59. The quantitative estimate of drug-likeness (QED) is 0.669. The molecule has 0 aromatic carbocycles. The molecule has 0 spiro atoms. The number of methoxy groups -OCH3 is 1. The number of halogens is 1. The lowest BCUT2D eigenvalue weighted by Gasteiger charge is -2.09. The molecule has 1 aromatic heterocycles. The van der Waals surface area contributed by atoms with Crippen molar-refractivity contribution < 1.29 is 13.9 Å². The van der Waals surface area contributed by atoms with E-state index in [1.54, 1.807) is 7.11 Å². The lowest BCUT2D eigenvalue weighted by Crippen LogP contribution is -2.19. The van der Waals surface area contributed by atoms with Gasteiger partial charge in [-0.3, -0.25) is 9.36 Å². The Balaban J connectivity index is 2.31. The van der Waals surface area contributed by atoms with Crippen molar-refractivity contribution in [2.45, 2.75) is 19.1 Å². The second-order valence-corrected chi connectivity index (χ2v) is 3.33. The maximum absolute atomic E-state index is 12.9. The van der Waals surface area contributed by atoms with Crippen molar-refractivity contribution in [3.8, 4) is 6.01 Å². The van der Waals surface area contributed by atoms with Gasteiger partial charge in [0, 0.05) is 13.7 Å². The zero-order valence-electron chi connectivity index (χ0n) is 8.27. The Labute approximate surface area is 85.5 Å². The van der Waals surface area contributed by atoms with Crippen LogP contribution < -0.4 is 10.3 Å². The maximum Gasteiger partial charge on any atom is 0.311 e. The molecule has 0 bridgehead atoms. The molecule has 0 fully saturated rings. The number of ether oxygens (including phenoxy) is 2. The summed E-state index contributed by atoms with van der Waals surface area (Å²) in [6, 6.07) is 0.154. The van der Waals surface area contributed by atoms with Crippen molar-refractivity contribution in [1.29, 1.82) is 0 Å². The molecule has 0 N–H and O–H groups in total. The predicted molar refractivity (Wildman–Crippen MR) is 49.4 cm³/mol. The van der Waals surface area contributed by atoms with E-state index < -0.39 is 11.4 Å². The molecule has 2 heterocycles. The number of aryl methyl sites for hydroxylation is 1. The van der Waals surface area contributed by atoms with Crippen LogP contribution in [0.15, 0.2) is 11.0 Å². The zero-order chi connectivity index (χ0) is 10.8. The second-order valence-electron chi connectivity index (χ2n) is 3.33. The molecule has 6 heteroatoms. The number of hydrogen-bond donors (Lipinski definition) is 0. The van der Waals surface area contributed by atoms with Crippen LogP contribution >= 0.6 is 0 Å². The summed E-state index contributed by atoms with van der Waals surface area (Å²) >= 11 is 0. The van der Waals surface area contributed by atoms with Crippen LogP contribution in [0.5, 0.6) is 6.01 Å². The molecule has 1 aliphatic rings. The molecule has 0 amide bonds. The van der Waals surface area contributed by atoms with Gasteiger partial charge in [-0.2, -0.15) is 9.37 Å². The third-order valence-corrected chi connectivity index (χ3v) is 2.34. The van der Waals surface area contributed by atoms with E-state index in [4.69, 9.17) is 9.47 Å². The highest BCUT2D eigenvalue weighted by Gasteiger charge is 2.18. The summed E-state index contributed by atoms with van der Waals surface area (Å²) in [4.78, 5) is 14.4. The lowest BCUT2D eigenvalue weighted by molar-refractivity contribution is 0.0563. The lowest BCUT2D eigenvalue weighted by atomic mass is 10.3. The first-order valence-electron chi connectivity index (χ1n) is 4.63. The Morgan fingerprint density at radius 1 is 1.73 bits per heavy atom. The molecule has 1 aromatic rings. The zero-order valence-corrected chi connectivity index (χ0v) is 8.27. The average molecular weight is 214 g/mol. The molecule has 0 aliphatic carbocycles. The van der Waals surface area contributed by atoms with Gasteiger partial charge in [0.05, 0.1) is 12.3 Å². The van der Waals surface area contributed by atoms with Gasteiger partial charge in [0.1, 0.15) is 6.61 Å². The van der Waals surface area contributed by atoms with Gasteiger partial charge < -0.3 is 9.47 Å². The Morgan fingerprint density at radius 3 is 3.27 bits per heavy atom. The van der Waals surface area contributed by atoms with Crippen LogP contribution in [0.3, 0.4) is 0 Å². The first-order valence-corrected chi connectivity index (χ1v) is 4.63. The van der Waals surface area contributed by atoms with Crippen LogP contribution in [0.1, 0.15) is 6.42 Å². The largest absolute Gasteiger partial charge is 0.462 e. The summed E-state index contributed by atoms with van der Waals surface area (Å²) in [6.45, 7) is 0.854. The molecule has 0 saturated heterocycles. The van der Waals surface area contributed by atoms with Crippen molar-refractivity contribution in [3.05, 3.63) is 22.4 Å². The van der Waals surface area contributed by atoms with Crippen LogP contribution in [0, 0.1) is 5.82 Å². The van der Waals surface area contributed by atoms with Gasteiger partial charge in [0.2, 0.25) is 5.82 Å². The SMILES string of the molecule is COC1CCn2cc(F)c(=O)nc2OC1. The van der Waals surface area contributed by atoms with Crippen molar-refractivity contribution in [1.82, 2.24) is 9.55 Å². The second kappa shape index (κ2) is 3.98. The van der Waals surface area contributed by atoms with E-state index in [9.17, 15) is 9.18 Å². The van der Waals surface area contributed by atoms with Gasteiger partial charge in [-0.1, -0.05) is 0 Å². The monoisotopic (exact) mass is 214 g/mol. The summed E-state index contributed by atoms with van der Waals surface area (Å²) in [6.07, 6.45) is 1.76. The number of aromatic nitrogens is 2. The Bertz CT molecular complexity index is 418. The van der Waals surface area contributed by atoms with E-state index >= 15 is 0 Å². The van der Waals surface area contributed by atoms with Crippen molar-refractivity contribution in [2.75, 3.05) is 13.7 Å². The van der Waals surface area contributed by atoms with Gasteiger partial charge in [-0.25, -0.2) is 0 Å². The van der Waals surface area contributed by atoms with Crippen LogP contribution in [-0.2, 0) is 11.3 Å². The standard InChI is InChI=1S/C9H11FN2O3/c1-14-6-2-3-12-4-7(10)8(13)11-9(12)15-5-6/h4,6H,2-3,5H2,1H3. The summed E-state index contributed by atoms with van der Waals surface area (Å²) < 4.78 is 24.8. The van der Waals surface area contributed by atoms with Gasteiger partial charge in [0.25, 0.3) is 6.01 Å². The number of hydrogen-bond acceptors (Lipinski definition) is 4. The van der Waals surface area contributed by atoms with Gasteiger partial charge in [0.15, 0.2) is 0 Å². The maximum atomic E-state index is 12.9. The molecule has 5 nitrogen and oxygen atoms in total. The Kier molecular flexibility index (Phi) is 2.68. The van der Waals surface area contributed by atoms with Crippen molar-refractivity contribution in [2.24, 2.45) is 0 Å². The van der Waals surface area contributed by atoms with Crippen molar-refractivity contribution >= 4 is 0 Å². The molecule has 15 heavy (non-hydrogen) atoms. The normalized spacial score (nSPS) is 20.3. The van der Waals surface area contributed by atoms with Gasteiger partial charge in [-0.15, -0.1) is 0 Å². The average Bonchev–Trinajstić information content (AvgIpc) is 2.42. The van der Waals surface area contributed by atoms with E-state index in [2.05, 4.69) is 4.98 Å². The Morgan fingerprint density at radius 2 is 2.53 bits per heavy atom. The molecule has 1 aliphatic heterocycles. The van der Waals surface area contributed by atoms with Crippen LogP contribution in [0.2, 0.25) is 0 Å². The van der Waals surface area contributed by atoms with E-state index in [1.807, 2.05) is 0 Å². The molecular formula is C9H11FN2O3. The number of nitrogens with zero attached hydrogens (tertiary/aromatic N) is 2. The Hall–Kier alpha value is -1.43. The molecule has 82 valence electrons. The smallest absolute Gasteiger partial charge is 0.311 e. The summed E-state index contributed by atoms with van der Waals surface area (Å²) in [5.74, 6) is -0.863. The van der Waals surface area contributed by atoms with Crippen LogP contribution in [-0.4, -0.2) is 29.4 Å². The molecule has 0 saturated carbocycles. The number of fused-ring (bicyclic) bond motifs is 1. The van der Waals surface area contributed by atoms with Gasteiger partial charge >= 0.3 is 5.56 Å². The third-order valence-electron chi connectivity index (χ3n) is 2.34. The fourth-order valence-electron chi connectivity index (χ4n) is 1.45.